The number of rotatable bonds is 6. The van der Waals surface area contributed by atoms with E-state index >= 15 is 0 Å². The Hall–Kier alpha value is -2.16. The number of aromatic nitrogens is 3. The summed E-state index contributed by atoms with van der Waals surface area (Å²) in [5.74, 6) is 1.84. The summed E-state index contributed by atoms with van der Waals surface area (Å²) in [5, 5.41) is 11.8. The average Bonchev–Trinajstić information content (AvgIpc) is 3.06. The van der Waals surface area contributed by atoms with E-state index in [4.69, 9.17) is 4.99 Å². The molecule has 6 nitrogen and oxygen atoms in total. The summed E-state index contributed by atoms with van der Waals surface area (Å²) >= 11 is 0. The van der Waals surface area contributed by atoms with E-state index in [2.05, 4.69) is 65.6 Å². The van der Waals surface area contributed by atoms with E-state index in [0.29, 0.717) is 6.54 Å². The second kappa shape index (κ2) is 10.2. The molecule has 1 N–H and O–H groups in total. The van der Waals surface area contributed by atoms with E-state index in [-0.39, 0.29) is 24.0 Å². The van der Waals surface area contributed by atoms with Crippen molar-refractivity contribution in [3.8, 4) is 0 Å². The molecule has 0 amide bonds. The highest BCUT2D eigenvalue weighted by atomic mass is 127. The van der Waals surface area contributed by atoms with Crippen LogP contribution in [0.3, 0.4) is 0 Å². The molecule has 7 heteroatoms. The van der Waals surface area contributed by atoms with Crippen molar-refractivity contribution in [3.05, 3.63) is 65.6 Å². The minimum Gasteiger partial charge on any atom is -0.357 e. The van der Waals surface area contributed by atoms with E-state index in [0.717, 1.165) is 36.9 Å². The van der Waals surface area contributed by atoms with Gasteiger partial charge in [0.2, 0.25) is 0 Å². The van der Waals surface area contributed by atoms with E-state index < -0.39 is 0 Å². The van der Waals surface area contributed by atoms with Crippen LogP contribution in [0, 0.1) is 6.92 Å². The summed E-state index contributed by atoms with van der Waals surface area (Å²) in [4.78, 5) is 6.93. The highest BCUT2D eigenvalue weighted by Crippen LogP contribution is 2.10. The maximum absolute atomic E-state index is 4.77. The zero-order chi connectivity index (χ0) is 18.4. The van der Waals surface area contributed by atoms with Gasteiger partial charge in [-0.1, -0.05) is 30.3 Å². The number of hydrogen-bond acceptors (Lipinski definition) is 3. The number of aliphatic imine (C=N–C) groups is 1. The van der Waals surface area contributed by atoms with Crippen LogP contribution in [0.25, 0.3) is 5.65 Å². The molecule has 0 saturated heterocycles. The summed E-state index contributed by atoms with van der Waals surface area (Å²) in [6.45, 7) is 6.56. The topological polar surface area (TPSA) is 57.8 Å². The van der Waals surface area contributed by atoms with Crippen molar-refractivity contribution in [2.75, 3.05) is 20.1 Å². The van der Waals surface area contributed by atoms with Crippen LogP contribution in [0.2, 0.25) is 0 Å². The highest BCUT2D eigenvalue weighted by molar-refractivity contribution is 14.0. The first kappa shape index (κ1) is 21.1. The molecule has 3 rings (SSSR count). The van der Waals surface area contributed by atoms with Gasteiger partial charge in [-0.3, -0.25) is 9.39 Å². The molecule has 0 bridgehead atoms. The Balaban J connectivity index is 0.00000261. The first-order chi connectivity index (χ1) is 12.7. The van der Waals surface area contributed by atoms with Gasteiger partial charge in [0.25, 0.3) is 0 Å². The quantitative estimate of drug-likeness (QED) is 0.336. The fourth-order valence-electron chi connectivity index (χ4n) is 2.91. The lowest BCUT2D eigenvalue weighted by Crippen LogP contribution is -2.38. The van der Waals surface area contributed by atoms with Gasteiger partial charge in [0.1, 0.15) is 5.82 Å². The van der Waals surface area contributed by atoms with Crippen molar-refractivity contribution in [1.29, 1.82) is 0 Å². The van der Waals surface area contributed by atoms with Crippen LogP contribution in [-0.4, -0.2) is 45.6 Å². The van der Waals surface area contributed by atoms with Crippen LogP contribution < -0.4 is 5.32 Å². The van der Waals surface area contributed by atoms with Crippen molar-refractivity contribution >= 4 is 35.6 Å². The number of halogens is 1. The van der Waals surface area contributed by atoms with E-state index in [1.807, 2.05) is 28.8 Å². The minimum atomic E-state index is 0. The first-order valence-corrected chi connectivity index (χ1v) is 9.01. The molecule has 0 fully saturated rings. The molecule has 2 heterocycles. The SMILES string of the molecule is CCNC(=NCCc1nnc2ccccn12)N(C)Cc1ccccc1C.I. The standard InChI is InChI=1S/C20H26N6.HI/c1-4-21-20(25(3)15-17-10-6-5-9-16(17)2)22-13-12-19-24-23-18-11-7-8-14-26(18)19;/h5-11,14H,4,12-13,15H2,1-3H3,(H,21,22);1H. The molecule has 0 aliphatic heterocycles. The number of hydrogen-bond donors (Lipinski definition) is 1. The smallest absolute Gasteiger partial charge is 0.193 e. The predicted molar refractivity (Wildman–Crippen MR) is 121 cm³/mol. The monoisotopic (exact) mass is 478 g/mol. The van der Waals surface area contributed by atoms with Gasteiger partial charge in [0.15, 0.2) is 11.6 Å². The minimum absolute atomic E-state index is 0. The van der Waals surface area contributed by atoms with E-state index in [9.17, 15) is 0 Å². The van der Waals surface area contributed by atoms with E-state index in [1.165, 1.54) is 11.1 Å². The Morgan fingerprint density at radius 2 is 1.93 bits per heavy atom. The van der Waals surface area contributed by atoms with Crippen LogP contribution in [0.4, 0.5) is 0 Å². The maximum atomic E-state index is 4.77. The Kier molecular flexibility index (Phi) is 8.02. The molecule has 144 valence electrons. The fourth-order valence-corrected chi connectivity index (χ4v) is 2.91. The average molecular weight is 478 g/mol. The third-order valence-corrected chi connectivity index (χ3v) is 4.35. The molecule has 0 saturated carbocycles. The molecular weight excluding hydrogens is 451 g/mol. The molecule has 0 aliphatic rings. The van der Waals surface area contributed by atoms with Crippen LogP contribution in [-0.2, 0) is 13.0 Å². The largest absolute Gasteiger partial charge is 0.357 e. The Bertz CT molecular complexity index is 889. The van der Waals surface area contributed by atoms with Crippen molar-refractivity contribution in [3.63, 3.8) is 0 Å². The lowest BCUT2D eigenvalue weighted by atomic mass is 10.1. The lowest BCUT2D eigenvalue weighted by Gasteiger charge is -2.23. The molecule has 0 radical (unpaired) electrons. The molecule has 3 aromatic rings. The Labute approximate surface area is 177 Å². The maximum Gasteiger partial charge on any atom is 0.193 e. The molecule has 0 spiro atoms. The molecule has 0 unspecified atom stereocenters. The lowest BCUT2D eigenvalue weighted by molar-refractivity contribution is 0.475. The van der Waals surface area contributed by atoms with Gasteiger partial charge >= 0.3 is 0 Å². The first-order valence-electron chi connectivity index (χ1n) is 9.01. The summed E-state index contributed by atoms with van der Waals surface area (Å²) < 4.78 is 2.01. The predicted octanol–water partition coefficient (Wildman–Crippen LogP) is 3.30. The number of pyridine rings is 1. The zero-order valence-corrected chi connectivity index (χ0v) is 18.4. The summed E-state index contributed by atoms with van der Waals surface area (Å²) in [7, 11) is 2.07. The van der Waals surface area contributed by atoms with Crippen LogP contribution >= 0.6 is 24.0 Å². The number of benzene rings is 1. The van der Waals surface area contributed by atoms with Gasteiger partial charge in [-0.05, 0) is 37.1 Å². The van der Waals surface area contributed by atoms with Crippen molar-refractivity contribution in [2.45, 2.75) is 26.8 Å². The number of guanidine groups is 1. The highest BCUT2D eigenvalue weighted by Gasteiger charge is 2.09. The second-order valence-corrected chi connectivity index (χ2v) is 6.31. The summed E-state index contributed by atoms with van der Waals surface area (Å²) in [6, 6.07) is 14.4. The van der Waals surface area contributed by atoms with Crippen molar-refractivity contribution < 1.29 is 0 Å². The fraction of sp³-hybridized carbons (Fsp3) is 0.350. The Morgan fingerprint density at radius 1 is 1.15 bits per heavy atom. The number of nitrogens with zero attached hydrogens (tertiary/aromatic N) is 5. The number of fused-ring (bicyclic) bond motifs is 1. The van der Waals surface area contributed by atoms with Gasteiger partial charge in [-0.2, -0.15) is 0 Å². The molecule has 27 heavy (non-hydrogen) atoms. The van der Waals surface area contributed by atoms with Gasteiger partial charge in [0, 0.05) is 39.3 Å². The molecule has 1 aromatic carbocycles. The van der Waals surface area contributed by atoms with E-state index in [1.54, 1.807) is 0 Å². The second-order valence-electron chi connectivity index (χ2n) is 6.31. The van der Waals surface area contributed by atoms with Crippen LogP contribution in [0.1, 0.15) is 23.9 Å². The zero-order valence-electron chi connectivity index (χ0n) is 16.1. The van der Waals surface area contributed by atoms with Gasteiger partial charge in [0.05, 0.1) is 0 Å². The third-order valence-electron chi connectivity index (χ3n) is 4.35. The number of aryl methyl sites for hydroxylation is 1. The van der Waals surface area contributed by atoms with Gasteiger partial charge < -0.3 is 10.2 Å². The van der Waals surface area contributed by atoms with Gasteiger partial charge in [-0.15, -0.1) is 34.2 Å². The van der Waals surface area contributed by atoms with Crippen molar-refractivity contribution in [2.24, 2.45) is 4.99 Å². The molecule has 0 aliphatic carbocycles. The Morgan fingerprint density at radius 3 is 2.70 bits per heavy atom. The van der Waals surface area contributed by atoms with Crippen LogP contribution in [0.15, 0.2) is 53.7 Å². The summed E-state index contributed by atoms with van der Waals surface area (Å²) in [5.41, 5.74) is 3.48. The van der Waals surface area contributed by atoms with Gasteiger partial charge in [-0.25, -0.2) is 0 Å². The molecule has 0 atom stereocenters. The van der Waals surface area contributed by atoms with Crippen molar-refractivity contribution in [1.82, 2.24) is 24.8 Å². The normalized spacial score (nSPS) is 11.3. The third kappa shape index (κ3) is 5.41. The molecule has 2 aromatic heterocycles. The summed E-state index contributed by atoms with van der Waals surface area (Å²) in [6.07, 6.45) is 2.74. The van der Waals surface area contributed by atoms with Crippen LogP contribution in [0.5, 0.6) is 0 Å². The number of nitrogens with one attached hydrogen (secondary N) is 1. The molecular formula is C20H27IN6.